The summed E-state index contributed by atoms with van der Waals surface area (Å²) in [5.74, 6) is 0.836. The summed E-state index contributed by atoms with van der Waals surface area (Å²) in [5.41, 5.74) is 2.68. The normalized spacial score (nSPS) is 28.2. The van der Waals surface area contributed by atoms with E-state index in [1.54, 1.807) is 13.0 Å². The Morgan fingerprint density at radius 1 is 1.02 bits per heavy atom. The molecule has 1 saturated heterocycles. The van der Waals surface area contributed by atoms with Crippen LogP contribution in [0, 0.1) is 29.4 Å². The lowest BCUT2D eigenvalue weighted by molar-refractivity contribution is 0.110. The van der Waals surface area contributed by atoms with E-state index in [1.807, 2.05) is 12.1 Å². The first kappa shape index (κ1) is 28.8. The van der Waals surface area contributed by atoms with Crippen molar-refractivity contribution >= 4 is 21.4 Å². The van der Waals surface area contributed by atoms with Crippen LogP contribution in [0.3, 0.4) is 0 Å². The molecule has 2 bridgehead atoms. The van der Waals surface area contributed by atoms with Crippen LogP contribution in [-0.2, 0) is 16.4 Å². The predicted octanol–water partition coefficient (Wildman–Crippen LogP) is 5.56. The van der Waals surface area contributed by atoms with Crippen LogP contribution in [0.15, 0.2) is 30.3 Å². The Bertz CT molecular complexity index is 1350. The zero-order chi connectivity index (χ0) is 28.9. The van der Waals surface area contributed by atoms with Crippen molar-refractivity contribution in [2.45, 2.75) is 64.1 Å². The highest BCUT2D eigenvalue weighted by Gasteiger charge is 2.47. The van der Waals surface area contributed by atoms with Crippen LogP contribution in [0.5, 0.6) is 0 Å². The van der Waals surface area contributed by atoms with Gasteiger partial charge in [0.05, 0.1) is 24.5 Å². The Kier molecular flexibility index (Phi) is 8.02. The first-order valence-electron chi connectivity index (χ1n) is 15.1. The minimum Gasteiger partial charge on any atom is -0.380 e. The molecule has 41 heavy (non-hydrogen) atoms. The summed E-state index contributed by atoms with van der Waals surface area (Å²) >= 11 is 0. The van der Waals surface area contributed by atoms with Crippen LogP contribution in [0.25, 0.3) is 0 Å². The Labute approximate surface area is 241 Å². The summed E-state index contributed by atoms with van der Waals surface area (Å²) in [6.07, 6.45) is 4.90. The van der Waals surface area contributed by atoms with Gasteiger partial charge in [-0.05, 0) is 99.1 Å². The number of nitrogens with zero attached hydrogens (tertiary/aromatic N) is 2. The number of halogens is 3. The van der Waals surface area contributed by atoms with E-state index in [1.165, 1.54) is 31.4 Å². The highest BCUT2D eigenvalue weighted by Crippen LogP contribution is 2.54. The van der Waals surface area contributed by atoms with Gasteiger partial charge in [0.2, 0.25) is 10.0 Å². The number of anilines is 2. The maximum absolute atomic E-state index is 16.0. The molecule has 0 aromatic heterocycles. The van der Waals surface area contributed by atoms with Gasteiger partial charge in [-0.1, -0.05) is 6.07 Å². The van der Waals surface area contributed by atoms with Gasteiger partial charge >= 0.3 is 0 Å². The fraction of sp³-hybridized carbons (Fsp3) is 0.613. The van der Waals surface area contributed by atoms with Gasteiger partial charge < -0.3 is 5.32 Å². The molecule has 2 heterocycles. The van der Waals surface area contributed by atoms with E-state index in [4.69, 9.17) is 0 Å². The monoisotopic (exact) mass is 590 g/mol. The second kappa shape index (κ2) is 11.4. The quantitative estimate of drug-likeness (QED) is 0.359. The first-order valence-corrected chi connectivity index (χ1v) is 16.7. The average molecular weight is 591 g/mol. The Hall–Kier alpha value is -2.30. The molecule has 2 aromatic rings. The molecule has 5 aliphatic rings. The van der Waals surface area contributed by atoms with E-state index in [0.29, 0.717) is 42.6 Å². The molecule has 2 N–H and O–H groups in total. The van der Waals surface area contributed by atoms with Crippen LogP contribution >= 0.6 is 0 Å². The molecule has 0 amide bonds. The Morgan fingerprint density at radius 3 is 2.39 bits per heavy atom. The van der Waals surface area contributed by atoms with Crippen molar-refractivity contribution in [3.8, 4) is 0 Å². The van der Waals surface area contributed by atoms with Gasteiger partial charge in [-0.3, -0.25) is 18.9 Å². The lowest BCUT2D eigenvalue weighted by Crippen LogP contribution is -2.54. The Morgan fingerprint density at radius 2 is 1.76 bits per heavy atom. The number of likely N-dealkylation sites (tertiary alicyclic amines) is 1. The van der Waals surface area contributed by atoms with Crippen molar-refractivity contribution in [3.05, 3.63) is 58.7 Å². The van der Waals surface area contributed by atoms with Crippen LogP contribution in [-0.4, -0.2) is 68.9 Å². The zero-order valence-corrected chi connectivity index (χ0v) is 24.7. The van der Waals surface area contributed by atoms with E-state index in [-0.39, 0.29) is 30.1 Å². The molecule has 3 unspecified atom stereocenters. The van der Waals surface area contributed by atoms with Gasteiger partial charge in [0, 0.05) is 49.2 Å². The number of fused-ring (bicyclic) bond motifs is 2. The van der Waals surface area contributed by atoms with E-state index in [2.05, 4.69) is 26.8 Å². The fourth-order valence-corrected chi connectivity index (χ4v) is 8.24. The number of benzene rings is 2. The van der Waals surface area contributed by atoms with Gasteiger partial charge in [0.15, 0.2) is 0 Å². The average Bonchev–Trinajstić information content (AvgIpc) is 3.46. The summed E-state index contributed by atoms with van der Waals surface area (Å²) < 4.78 is 71.5. The number of alkyl halides is 1. The molecule has 3 saturated carbocycles. The molecule has 0 spiro atoms. The van der Waals surface area contributed by atoms with Crippen LogP contribution in [0.2, 0.25) is 0 Å². The van der Waals surface area contributed by atoms with Crippen molar-refractivity contribution in [1.82, 2.24) is 9.80 Å². The molecule has 2 aromatic carbocycles. The van der Waals surface area contributed by atoms with Crippen molar-refractivity contribution in [1.29, 1.82) is 0 Å². The van der Waals surface area contributed by atoms with Crippen molar-refractivity contribution < 1.29 is 21.6 Å². The fourth-order valence-electron chi connectivity index (χ4n) is 7.61. The second-order valence-electron chi connectivity index (χ2n) is 12.7. The molecule has 6 nitrogen and oxygen atoms in total. The third-order valence-electron chi connectivity index (χ3n) is 9.81. The van der Waals surface area contributed by atoms with Crippen molar-refractivity contribution in [2.24, 2.45) is 17.8 Å². The lowest BCUT2D eigenvalue weighted by atomic mass is 9.81. The van der Waals surface area contributed by atoms with Gasteiger partial charge in [-0.25, -0.2) is 17.2 Å². The summed E-state index contributed by atoms with van der Waals surface area (Å²) in [5, 5.41) is 3.25. The number of nitrogens with one attached hydrogen (secondary N) is 2. The number of hydrogen-bond donors (Lipinski definition) is 2. The van der Waals surface area contributed by atoms with E-state index >= 15 is 8.78 Å². The second-order valence-corrected chi connectivity index (χ2v) is 14.7. The molecule has 10 heteroatoms. The molecule has 3 aliphatic carbocycles. The summed E-state index contributed by atoms with van der Waals surface area (Å²) in [6, 6.07) is 7.68. The third-order valence-corrected chi connectivity index (χ3v) is 11.1. The van der Waals surface area contributed by atoms with Gasteiger partial charge in [-0.2, -0.15) is 0 Å². The third kappa shape index (κ3) is 5.84. The topological polar surface area (TPSA) is 64.7 Å². The lowest BCUT2D eigenvalue weighted by Gasteiger charge is -2.44. The van der Waals surface area contributed by atoms with Gasteiger partial charge in [-0.15, -0.1) is 0 Å². The molecule has 224 valence electrons. The van der Waals surface area contributed by atoms with E-state index in [0.717, 1.165) is 36.7 Å². The highest BCUT2D eigenvalue weighted by molar-refractivity contribution is 7.92. The number of hydrogen-bond acceptors (Lipinski definition) is 5. The van der Waals surface area contributed by atoms with Crippen molar-refractivity contribution in [3.63, 3.8) is 0 Å². The molecule has 0 radical (unpaired) electrons. The number of sulfonamides is 1. The van der Waals surface area contributed by atoms with Gasteiger partial charge in [0.25, 0.3) is 0 Å². The first-order chi connectivity index (χ1) is 19.6. The maximum atomic E-state index is 16.0. The van der Waals surface area contributed by atoms with Crippen LogP contribution < -0.4 is 10.0 Å². The largest absolute Gasteiger partial charge is 0.380 e. The molecule has 4 fully saturated rings. The van der Waals surface area contributed by atoms with E-state index in [9.17, 15) is 12.8 Å². The predicted molar refractivity (Wildman–Crippen MR) is 156 cm³/mol. The van der Waals surface area contributed by atoms with Gasteiger partial charge in [0.1, 0.15) is 11.6 Å². The summed E-state index contributed by atoms with van der Waals surface area (Å²) in [4.78, 5) is 4.41. The SMILES string of the molecule is CCS(=O)(=O)Nc1ccc2c(c1)CC(C)N(CC1CC3CC1C3)C2c1c(F)cc(NC2CN(CCCF)C2)cc1F. The van der Waals surface area contributed by atoms with Crippen LogP contribution in [0.4, 0.5) is 24.5 Å². The number of rotatable bonds is 11. The maximum Gasteiger partial charge on any atom is 0.232 e. The minimum atomic E-state index is -3.45. The molecule has 2 aliphatic heterocycles. The highest BCUT2D eigenvalue weighted by atomic mass is 32.2. The minimum absolute atomic E-state index is 0.0326. The summed E-state index contributed by atoms with van der Waals surface area (Å²) in [6.45, 7) is 6.28. The van der Waals surface area contributed by atoms with E-state index < -0.39 is 27.7 Å². The Balaban J connectivity index is 1.30. The molecular formula is C31H41F3N4O2S. The summed E-state index contributed by atoms with van der Waals surface area (Å²) in [7, 11) is -3.45. The van der Waals surface area contributed by atoms with Crippen LogP contribution in [0.1, 0.15) is 62.3 Å². The molecule has 3 atom stereocenters. The smallest absolute Gasteiger partial charge is 0.232 e. The zero-order valence-electron chi connectivity index (χ0n) is 23.9. The molecular weight excluding hydrogens is 549 g/mol. The molecule has 7 rings (SSSR count). The standard InChI is InChI=1S/C31H41F3N4O2S/c1-3-41(39,40)36-24-5-6-27-22(13-24)9-19(2)38(16-23-12-20-10-21(23)11-20)31(27)30-28(33)14-25(15-29(30)34)35-26-17-37(18-26)8-4-7-32/h5-6,13-15,19-21,23,26,31,35-36H,3-4,7-12,16-18H2,1-2H3. The van der Waals surface area contributed by atoms with Crippen molar-refractivity contribution in [2.75, 3.05) is 48.6 Å².